The summed E-state index contributed by atoms with van der Waals surface area (Å²) in [5, 5.41) is 15.5. The zero-order chi connectivity index (χ0) is 20.9. The van der Waals surface area contributed by atoms with Crippen LogP contribution in [0.1, 0.15) is 63.5 Å². The number of aromatic nitrogens is 3. The quantitative estimate of drug-likeness (QED) is 0.317. The van der Waals surface area contributed by atoms with Crippen molar-refractivity contribution >= 4 is 40.0 Å². The number of rotatable bonds is 6. The van der Waals surface area contributed by atoms with Crippen LogP contribution in [0, 0.1) is 6.92 Å². The summed E-state index contributed by atoms with van der Waals surface area (Å²) >= 11 is 0. The van der Waals surface area contributed by atoms with E-state index in [1.807, 2.05) is 18.5 Å². The molecule has 0 bridgehead atoms. The summed E-state index contributed by atoms with van der Waals surface area (Å²) < 4.78 is 27.8. The third-order valence-electron chi connectivity index (χ3n) is 6.06. The Bertz CT molecular complexity index is 798. The molecule has 3 rings (SSSR count). The van der Waals surface area contributed by atoms with Gasteiger partial charge in [-0.3, -0.25) is 0 Å². The van der Waals surface area contributed by atoms with Crippen LogP contribution in [0.3, 0.4) is 0 Å². The van der Waals surface area contributed by atoms with Gasteiger partial charge >= 0.3 is 0 Å². The highest BCUT2D eigenvalue weighted by Crippen LogP contribution is 2.18. The van der Waals surface area contributed by atoms with Crippen LogP contribution in [0.4, 0.5) is 0 Å². The molecule has 0 spiro atoms. The Labute approximate surface area is 197 Å². The van der Waals surface area contributed by atoms with E-state index in [0.717, 1.165) is 43.3 Å². The minimum Gasteiger partial charge on any atom is -0.354 e. The molecule has 0 unspecified atom stereocenters. The Hall–Kier alpha value is -0.950. The fourth-order valence-corrected chi connectivity index (χ4v) is 5.10. The minimum absolute atomic E-state index is 0. The Balaban J connectivity index is 0.00000320. The number of guanidine groups is 1. The van der Waals surface area contributed by atoms with E-state index < -0.39 is 10.0 Å². The smallest absolute Gasteiger partial charge is 0.213 e. The lowest BCUT2D eigenvalue weighted by Gasteiger charge is -2.33. The van der Waals surface area contributed by atoms with E-state index in [1.54, 1.807) is 11.2 Å². The molecule has 1 saturated carbocycles. The van der Waals surface area contributed by atoms with Crippen LogP contribution < -0.4 is 10.6 Å². The first-order chi connectivity index (χ1) is 13.9. The molecular weight excluding hydrogens is 517 g/mol. The Morgan fingerprint density at radius 2 is 1.67 bits per heavy atom. The van der Waals surface area contributed by atoms with Crippen molar-refractivity contribution in [3.63, 3.8) is 0 Å². The summed E-state index contributed by atoms with van der Waals surface area (Å²) in [6, 6.07) is 0.658. The fraction of sp³-hybridized carbons (Fsp3) is 0.842. The number of piperidine rings is 1. The number of hydrogen-bond acceptors (Lipinski definition) is 5. The third-order valence-corrected chi connectivity index (χ3v) is 7.94. The van der Waals surface area contributed by atoms with E-state index in [9.17, 15) is 8.42 Å². The van der Waals surface area contributed by atoms with Crippen molar-refractivity contribution in [3.05, 3.63) is 11.6 Å². The summed E-state index contributed by atoms with van der Waals surface area (Å²) in [5.41, 5.74) is 0. The third kappa shape index (κ3) is 6.78. The van der Waals surface area contributed by atoms with Crippen molar-refractivity contribution in [2.45, 2.75) is 77.4 Å². The van der Waals surface area contributed by atoms with Gasteiger partial charge in [0.25, 0.3) is 0 Å². The molecule has 1 aliphatic carbocycles. The van der Waals surface area contributed by atoms with Crippen LogP contribution in [0.2, 0.25) is 0 Å². The molecule has 0 atom stereocenters. The molecule has 1 aromatic heterocycles. The van der Waals surface area contributed by atoms with Crippen molar-refractivity contribution in [2.24, 2.45) is 12.0 Å². The number of hydrogen-bond donors (Lipinski definition) is 2. The Kier molecular flexibility index (Phi) is 9.79. The molecule has 11 heteroatoms. The monoisotopic (exact) mass is 553 g/mol. The Morgan fingerprint density at radius 3 is 2.20 bits per heavy atom. The maximum Gasteiger partial charge on any atom is 0.213 e. The molecule has 2 aliphatic rings. The number of aliphatic imine (C=N–C) groups is 1. The van der Waals surface area contributed by atoms with Gasteiger partial charge in [0.1, 0.15) is 12.4 Å². The second-order valence-corrected chi connectivity index (χ2v) is 10.3. The van der Waals surface area contributed by atoms with Gasteiger partial charge in [0.2, 0.25) is 10.0 Å². The van der Waals surface area contributed by atoms with Crippen molar-refractivity contribution in [1.82, 2.24) is 29.7 Å². The predicted molar refractivity (Wildman–Crippen MR) is 129 cm³/mol. The van der Waals surface area contributed by atoms with Crippen LogP contribution >= 0.6 is 24.0 Å². The lowest BCUT2D eigenvalue weighted by atomic mass is 9.96. The number of aryl methyl sites for hydroxylation is 1. The van der Waals surface area contributed by atoms with Gasteiger partial charge in [-0.15, -0.1) is 34.2 Å². The van der Waals surface area contributed by atoms with Gasteiger partial charge in [-0.1, -0.05) is 19.3 Å². The van der Waals surface area contributed by atoms with Crippen LogP contribution in [-0.2, 0) is 23.6 Å². The molecule has 172 valence electrons. The first-order valence-electron chi connectivity index (χ1n) is 10.8. The number of nitrogens with one attached hydrogen (secondary N) is 2. The van der Waals surface area contributed by atoms with Crippen LogP contribution in [0.15, 0.2) is 4.99 Å². The van der Waals surface area contributed by atoms with Crippen molar-refractivity contribution in [3.8, 4) is 0 Å². The summed E-state index contributed by atoms with van der Waals surface area (Å²) in [6.45, 7) is 5.22. The molecule has 1 saturated heterocycles. The lowest BCUT2D eigenvalue weighted by molar-refractivity contribution is 0.305. The molecule has 2 N–H and O–H groups in total. The Morgan fingerprint density at radius 1 is 1.07 bits per heavy atom. The number of halogens is 1. The average molecular weight is 554 g/mol. The maximum absolute atomic E-state index is 12.1. The van der Waals surface area contributed by atoms with Crippen LogP contribution in [0.25, 0.3) is 0 Å². The van der Waals surface area contributed by atoms with E-state index in [2.05, 4.69) is 20.8 Å². The van der Waals surface area contributed by atoms with E-state index in [1.165, 1.54) is 19.3 Å². The molecule has 9 nitrogen and oxygen atoms in total. The molecule has 0 aromatic carbocycles. The predicted octanol–water partition coefficient (Wildman–Crippen LogP) is 1.92. The number of sulfonamides is 1. The van der Waals surface area contributed by atoms with E-state index in [0.29, 0.717) is 25.7 Å². The lowest BCUT2D eigenvalue weighted by Crippen LogP contribution is -2.52. The largest absolute Gasteiger partial charge is 0.354 e. The molecule has 1 aliphatic heterocycles. The van der Waals surface area contributed by atoms with Crippen molar-refractivity contribution in [2.75, 3.05) is 18.8 Å². The van der Waals surface area contributed by atoms with E-state index >= 15 is 0 Å². The zero-order valence-electron chi connectivity index (χ0n) is 18.3. The highest BCUT2D eigenvalue weighted by atomic mass is 127. The first-order valence-corrected chi connectivity index (χ1v) is 12.4. The normalized spacial score (nSPS) is 20.0. The molecule has 1 aromatic rings. The molecule has 2 heterocycles. The minimum atomic E-state index is -3.10. The van der Waals surface area contributed by atoms with Gasteiger partial charge < -0.3 is 15.2 Å². The van der Waals surface area contributed by atoms with Crippen LogP contribution in [-0.4, -0.2) is 64.4 Å². The molecular formula is C19H36IN7O2S. The SMILES string of the molecule is CCS(=O)(=O)N1CCC(NC(=NCc2nnc(C)n2C)NC2CCCCC2)CC1.I. The second kappa shape index (κ2) is 11.6. The zero-order valence-corrected chi connectivity index (χ0v) is 21.4. The standard InChI is InChI=1S/C19H35N7O2S.HI/c1-4-29(27,28)26-12-10-17(11-13-26)22-19(21-16-8-6-5-7-9-16)20-14-18-24-23-15(2)25(18)3;/h16-17H,4-14H2,1-3H3,(H2,20,21,22);1H. The average Bonchev–Trinajstić information content (AvgIpc) is 3.05. The van der Waals surface area contributed by atoms with Gasteiger partial charge in [0, 0.05) is 32.2 Å². The summed E-state index contributed by atoms with van der Waals surface area (Å²) in [6.07, 6.45) is 7.71. The van der Waals surface area contributed by atoms with Crippen molar-refractivity contribution < 1.29 is 8.42 Å². The number of nitrogens with zero attached hydrogens (tertiary/aromatic N) is 5. The van der Waals surface area contributed by atoms with E-state index in [4.69, 9.17) is 4.99 Å². The molecule has 0 radical (unpaired) electrons. The summed E-state index contributed by atoms with van der Waals surface area (Å²) in [4.78, 5) is 4.78. The summed E-state index contributed by atoms with van der Waals surface area (Å²) in [7, 11) is -1.15. The molecule has 30 heavy (non-hydrogen) atoms. The van der Waals surface area contributed by atoms with Crippen LogP contribution in [0.5, 0.6) is 0 Å². The molecule has 2 fully saturated rings. The van der Waals surface area contributed by atoms with Gasteiger partial charge in [-0.25, -0.2) is 17.7 Å². The van der Waals surface area contributed by atoms with Gasteiger partial charge in [0.15, 0.2) is 11.8 Å². The second-order valence-electron chi connectivity index (χ2n) is 8.08. The van der Waals surface area contributed by atoms with E-state index in [-0.39, 0.29) is 35.8 Å². The van der Waals surface area contributed by atoms with Gasteiger partial charge in [0.05, 0.1) is 5.75 Å². The first kappa shape index (κ1) is 25.3. The van der Waals surface area contributed by atoms with Crippen molar-refractivity contribution in [1.29, 1.82) is 0 Å². The highest BCUT2D eigenvalue weighted by Gasteiger charge is 2.27. The topological polar surface area (TPSA) is 105 Å². The summed E-state index contributed by atoms with van der Waals surface area (Å²) in [5.74, 6) is 2.66. The fourth-order valence-electron chi connectivity index (χ4n) is 3.97. The maximum atomic E-state index is 12.1. The molecule has 0 amide bonds. The van der Waals surface area contributed by atoms with Gasteiger partial charge in [-0.2, -0.15) is 0 Å². The highest BCUT2D eigenvalue weighted by molar-refractivity contribution is 14.0. The van der Waals surface area contributed by atoms with Gasteiger partial charge in [-0.05, 0) is 39.5 Å².